The van der Waals surface area contributed by atoms with Crippen molar-refractivity contribution in [2.24, 2.45) is 0 Å². The Bertz CT molecular complexity index is 2020. The van der Waals surface area contributed by atoms with E-state index < -0.39 is 0 Å². The number of pyridine rings is 2. The predicted octanol–water partition coefficient (Wildman–Crippen LogP) is 6.14. The van der Waals surface area contributed by atoms with E-state index in [-0.39, 0.29) is 5.91 Å². The minimum absolute atomic E-state index is 0.111. The zero-order chi connectivity index (χ0) is 27.8. The summed E-state index contributed by atoms with van der Waals surface area (Å²) in [6.07, 6.45) is 5.47. The van der Waals surface area contributed by atoms with Crippen LogP contribution in [0.25, 0.3) is 50.3 Å². The average molecular weight is 536 g/mol. The number of nitrogen functional groups attached to an aromatic ring is 1. The molecule has 7 aromatic rings. The van der Waals surface area contributed by atoms with Crippen LogP contribution in [0.3, 0.4) is 0 Å². The number of imidazole rings is 1. The average Bonchev–Trinajstić information content (AvgIpc) is 3.65. The standard InChI is InChI=1S/C33H25N7O/c34-30-27(7-4-15-36-30)31-39-29-18-25(24-11-10-22-14-16-35-28(22)17-24)20-37-32(29)40(31)26-12-8-21(9-13-26)19-38-33(41)23-5-2-1-3-6-23/h1-18,20,35H,19H2,(H2,34,36)(H,38,41). The fourth-order valence-corrected chi connectivity index (χ4v) is 5.02. The Morgan fingerprint density at radius 1 is 0.878 bits per heavy atom. The Morgan fingerprint density at radius 2 is 1.73 bits per heavy atom. The maximum absolute atomic E-state index is 12.5. The van der Waals surface area contributed by atoms with Crippen LogP contribution in [0.15, 0.2) is 116 Å². The Hall–Kier alpha value is -5.76. The molecule has 198 valence electrons. The van der Waals surface area contributed by atoms with E-state index in [0.717, 1.165) is 44.4 Å². The molecular formula is C33H25N7O. The quantitative estimate of drug-likeness (QED) is 0.237. The summed E-state index contributed by atoms with van der Waals surface area (Å²) in [6.45, 7) is 0.411. The summed E-state index contributed by atoms with van der Waals surface area (Å²) in [5, 5.41) is 4.13. The third kappa shape index (κ3) is 4.57. The van der Waals surface area contributed by atoms with Crippen molar-refractivity contribution >= 4 is 33.8 Å². The SMILES string of the molecule is Nc1ncccc1-c1nc2cc(-c3ccc4cc[nH]c4c3)cnc2n1-c1ccc(CNC(=O)c2ccccc2)cc1. The van der Waals surface area contributed by atoms with Gasteiger partial charge in [-0.2, -0.15) is 0 Å². The summed E-state index contributed by atoms with van der Waals surface area (Å²) in [6, 6.07) is 31.3. The Balaban J connectivity index is 1.26. The van der Waals surface area contributed by atoms with Crippen LogP contribution in [0.2, 0.25) is 0 Å². The zero-order valence-corrected chi connectivity index (χ0v) is 22.0. The van der Waals surface area contributed by atoms with Crippen molar-refractivity contribution in [3.8, 4) is 28.2 Å². The fraction of sp³-hybridized carbons (Fsp3) is 0.0303. The summed E-state index contributed by atoms with van der Waals surface area (Å²) in [7, 11) is 0. The van der Waals surface area contributed by atoms with E-state index >= 15 is 0 Å². The summed E-state index contributed by atoms with van der Waals surface area (Å²) in [4.78, 5) is 29.9. The number of nitrogens with zero attached hydrogens (tertiary/aromatic N) is 4. The van der Waals surface area contributed by atoms with Gasteiger partial charge < -0.3 is 16.0 Å². The molecule has 8 nitrogen and oxygen atoms in total. The predicted molar refractivity (Wildman–Crippen MR) is 161 cm³/mol. The lowest BCUT2D eigenvalue weighted by Crippen LogP contribution is -2.22. The molecule has 0 fully saturated rings. The highest BCUT2D eigenvalue weighted by Crippen LogP contribution is 2.32. The van der Waals surface area contributed by atoms with Gasteiger partial charge in [-0.15, -0.1) is 0 Å². The monoisotopic (exact) mass is 535 g/mol. The molecule has 7 rings (SSSR count). The van der Waals surface area contributed by atoms with E-state index in [1.165, 1.54) is 0 Å². The molecule has 0 aliphatic heterocycles. The van der Waals surface area contributed by atoms with Crippen LogP contribution < -0.4 is 11.1 Å². The van der Waals surface area contributed by atoms with Crippen molar-refractivity contribution in [1.82, 2.24) is 29.8 Å². The maximum atomic E-state index is 12.5. The number of nitrogens with two attached hydrogens (primary N) is 1. The number of hydrogen-bond donors (Lipinski definition) is 3. The molecule has 0 atom stereocenters. The van der Waals surface area contributed by atoms with Crippen LogP contribution in [0.1, 0.15) is 15.9 Å². The van der Waals surface area contributed by atoms with Gasteiger partial charge in [0.25, 0.3) is 5.91 Å². The smallest absolute Gasteiger partial charge is 0.251 e. The van der Waals surface area contributed by atoms with E-state index in [1.54, 1.807) is 18.3 Å². The number of hydrogen-bond acceptors (Lipinski definition) is 5. The van der Waals surface area contributed by atoms with Gasteiger partial charge in [-0.05, 0) is 71.1 Å². The second-order valence-electron chi connectivity index (χ2n) is 9.77. The number of rotatable bonds is 6. The number of aromatic amines is 1. The van der Waals surface area contributed by atoms with Crippen LogP contribution in [-0.4, -0.2) is 30.4 Å². The van der Waals surface area contributed by atoms with E-state index in [9.17, 15) is 4.79 Å². The van der Waals surface area contributed by atoms with Crippen molar-refractivity contribution in [2.75, 3.05) is 5.73 Å². The van der Waals surface area contributed by atoms with Crippen LogP contribution in [0.4, 0.5) is 5.82 Å². The van der Waals surface area contributed by atoms with E-state index in [2.05, 4.69) is 39.6 Å². The number of aromatic nitrogens is 5. The molecule has 4 heterocycles. The summed E-state index contributed by atoms with van der Waals surface area (Å²) in [5.74, 6) is 0.932. The first-order valence-corrected chi connectivity index (χ1v) is 13.2. The maximum Gasteiger partial charge on any atom is 0.251 e. The number of anilines is 1. The number of carbonyl (C=O) groups is 1. The highest BCUT2D eigenvalue weighted by atomic mass is 16.1. The second-order valence-corrected chi connectivity index (χ2v) is 9.77. The number of carbonyl (C=O) groups excluding carboxylic acids is 1. The number of amides is 1. The third-order valence-corrected chi connectivity index (χ3v) is 7.15. The summed E-state index contributed by atoms with van der Waals surface area (Å²) < 4.78 is 1.99. The van der Waals surface area contributed by atoms with Gasteiger partial charge in [-0.3, -0.25) is 9.36 Å². The molecule has 4 aromatic heterocycles. The van der Waals surface area contributed by atoms with Gasteiger partial charge >= 0.3 is 0 Å². The highest BCUT2D eigenvalue weighted by molar-refractivity contribution is 5.94. The van der Waals surface area contributed by atoms with Crippen molar-refractivity contribution in [3.05, 3.63) is 127 Å². The number of fused-ring (bicyclic) bond motifs is 2. The van der Waals surface area contributed by atoms with Crippen LogP contribution in [0, 0.1) is 0 Å². The zero-order valence-electron chi connectivity index (χ0n) is 22.0. The lowest BCUT2D eigenvalue weighted by molar-refractivity contribution is 0.0951. The van der Waals surface area contributed by atoms with Gasteiger partial charge in [0.2, 0.25) is 0 Å². The Morgan fingerprint density at radius 3 is 2.56 bits per heavy atom. The van der Waals surface area contributed by atoms with Crippen molar-refractivity contribution in [3.63, 3.8) is 0 Å². The summed E-state index contributed by atoms with van der Waals surface area (Å²) >= 11 is 0. The van der Waals surface area contributed by atoms with E-state index in [4.69, 9.17) is 15.7 Å². The molecule has 0 bridgehead atoms. The van der Waals surface area contributed by atoms with Crippen molar-refractivity contribution < 1.29 is 4.79 Å². The van der Waals surface area contributed by atoms with Gasteiger partial charge in [-0.25, -0.2) is 15.0 Å². The van der Waals surface area contributed by atoms with Gasteiger partial charge in [-0.1, -0.05) is 42.5 Å². The molecule has 8 heteroatoms. The first kappa shape index (κ1) is 24.3. The molecule has 0 aliphatic rings. The molecule has 3 aromatic carbocycles. The van der Waals surface area contributed by atoms with Crippen molar-refractivity contribution in [1.29, 1.82) is 0 Å². The van der Waals surface area contributed by atoms with E-state index in [1.807, 2.05) is 77.6 Å². The fourth-order valence-electron chi connectivity index (χ4n) is 5.02. The number of benzene rings is 3. The third-order valence-electron chi connectivity index (χ3n) is 7.15. The Kier molecular flexibility index (Phi) is 5.98. The summed E-state index contributed by atoms with van der Waals surface area (Å²) in [5.41, 5.74) is 14.0. The molecule has 0 aliphatic carbocycles. The molecule has 1 amide bonds. The Labute approximate surface area is 235 Å². The second kappa shape index (κ2) is 10.1. The topological polar surface area (TPSA) is 115 Å². The number of nitrogens with one attached hydrogen (secondary N) is 2. The molecule has 0 saturated heterocycles. The van der Waals surface area contributed by atoms with Gasteiger partial charge in [0.15, 0.2) is 11.5 Å². The van der Waals surface area contributed by atoms with Gasteiger partial charge in [0.1, 0.15) is 11.3 Å². The minimum atomic E-state index is -0.111. The molecular weight excluding hydrogens is 510 g/mol. The molecule has 0 saturated carbocycles. The van der Waals surface area contributed by atoms with Crippen LogP contribution in [0.5, 0.6) is 0 Å². The lowest BCUT2D eigenvalue weighted by Gasteiger charge is -2.11. The normalized spacial score (nSPS) is 11.2. The minimum Gasteiger partial charge on any atom is -0.383 e. The lowest BCUT2D eigenvalue weighted by atomic mass is 10.1. The van der Waals surface area contributed by atoms with Crippen molar-refractivity contribution in [2.45, 2.75) is 6.54 Å². The molecule has 4 N–H and O–H groups in total. The van der Waals surface area contributed by atoms with Crippen LogP contribution in [-0.2, 0) is 6.54 Å². The molecule has 0 unspecified atom stereocenters. The molecule has 0 spiro atoms. The van der Waals surface area contributed by atoms with Crippen LogP contribution >= 0.6 is 0 Å². The number of H-pyrrole nitrogens is 1. The van der Waals surface area contributed by atoms with E-state index in [0.29, 0.717) is 29.4 Å². The highest BCUT2D eigenvalue weighted by Gasteiger charge is 2.19. The van der Waals surface area contributed by atoms with Gasteiger partial charge in [0, 0.05) is 47.5 Å². The molecule has 0 radical (unpaired) electrons. The molecule has 41 heavy (non-hydrogen) atoms. The first-order chi connectivity index (χ1) is 20.1. The van der Waals surface area contributed by atoms with Gasteiger partial charge in [0.05, 0.1) is 5.56 Å². The first-order valence-electron chi connectivity index (χ1n) is 13.2. The largest absolute Gasteiger partial charge is 0.383 e.